The number of hydrogen-bond acceptors (Lipinski definition) is 5. The molecule has 0 saturated heterocycles. The van der Waals surface area contributed by atoms with Gasteiger partial charge in [0.2, 0.25) is 0 Å². The van der Waals surface area contributed by atoms with Crippen molar-refractivity contribution in [3.8, 4) is 0 Å². The van der Waals surface area contributed by atoms with E-state index < -0.39 is 0 Å². The van der Waals surface area contributed by atoms with Crippen molar-refractivity contribution in [2.45, 2.75) is 13.8 Å². The van der Waals surface area contributed by atoms with Gasteiger partial charge in [-0.3, -0.25) is 4.79 Å². The molecule has 0 aromatic carbocycles. The zero-order chi connectivity index (χ0) is 11.3. The molecule has 0 fully saturated rings. The molecule has 1 N–H and O–H groups in total. The van der Waals surface area contributed by atoms with Crippen LogP contribution in [0.15, 0.2) is 6.33 Å². The van der Waals surface area contributed by atoms with Gasteiger partial charge in [0.25, 0.3) is 0 Å². The summed E-state index contributed by atoms with van der Waals surface area (Å²) in [7, 11) is 0. The zero-order valence-corrected chi connectivity index (χ0v) is 10.7. The van der Waals surface area contributed by atoms with E-state index >= 15 is 0 Å². The third kappa shape index (κ3) is 3.61. The van der Waals surface area contributed by atoms with Crippen LogP contribution in [0.25, 0.3) is 0 Å². The highest BCUT2D eigenvalue weighted by Gasteiger charge is 2.07. The molecule has 0 bridgehead atoms. The van der Waals surface area contributed by atoms with E-state index in [2.05, 4.69) is 37.9 Å². The summed E-state index contributed by atoms with van der Waals surface area (Å²) in [6.07, 6.45) is 1.49. The van der Waals surface area contributed by atoms with Crippen LogP contribution in [0.3, 0.4) is 0 Å². The van der Waals surface area contributed by atoms with Crippen LogP contribution in [0, 0.1) is 10.6 Å². The number of carbonyl (C=O) groups is 1. The number of aromatic nitrogens is 2. The molecule has 1 rings (SSSR count). The first-order valence-corrected chi connectivity index (χ1v) is 5.59. The molecule has 6 heteroatoms. The molecular weight excluding hydrogens is 309 g/mol. The SMILES string of the molecule is CCOC(=O)CNc1c(C)ncnc1I. The lowest BCUT2D eigenvalue weighted by Gasteiger charge is -2.09. The number of esters is 1. The van der Waals surface area contributed by atoms with Crippen molar-refractivity contribution in [2.75, 3.05) is 18.5 Å². The number of anilines is 1. The Kier molecular flexibility index (Phi) is 4.73. The van der Waals surface area contributed by atoms with E-state index in [-0.39, 0.29) is 12.5 Å². The van der Waals surface area contributed by atoms with Crippen molar-refractivity contribution in [3.63, 3.8) is 0 Å². The number of rotatable bonds is 4. The van der Waals surface area contributed by atoms with Crippen LogP contribution in [0.1, 0.15) is 12.6 Å². The van der Waals surface area contributed by atoms with Crippen LogP contribution in [0.5, 0.6) is 0 Å². The molecule has 0 amide bonds. The number of halogens is 1. The average Bonchev–Trinajstić information content (AvgIpc) is 2.17. The first-order chi connectivity index (χ1) is 7.15. The Hall–Kier alpha value is -0.920. The quantitative estimate of drug-likeness (QED) is 0.515. The van der Waals surface area contributed by atoms with Gasteiger partial charge in [0.15, 0.2) is 0 Å². The lowest BCUT2D eigenvalue weighted by atomic mass is 10.4. The van der Waals surface area contributed by atoms with Gasteiger partial charge in [0, 0.05) is 0 Å². The van der Waals surface area contributed by atoms with Crippen molar-refractivity contribution in [2.24, 2.45) is 0 Å². The lowest BCUT2D eigenvalue weighted by molar-refractivity contribution is -0.140. The first-order valence-electron chi connectivity index (χ1n) is 4.51. The Bertz CT molecular complexity index is 337. The van der Waals surface area contributed by atoms with Crippen LogP contribution in [-0.4, -0.2) is 29.1 Å². The summed E-state index contributed by atoms with van der Waals surface area (Å²) >= 11 is 2.09. The Morgan fingerprint density at radius 2 is 2.33 bits per heavy atom. The number of aryl methyl sites for hydroxylation is 1. The third-order valence-electron chi connectivity index (χ3n) is 1.71. The first kappa shape index (κ1) is 12.2. The molecule has 5 nitrogen and oxygen atoms in total. The predicted molar refractivity (Wildman–Crippen MR) is 64.6 cm³/mol. The van der Waals surface area contributed by atoms with Crippen molar-refractivity contribution in [1.29, 1.82) is 0 Å². The molecule has 0 aliphatic rings. The highest BCUT2D eigenvalue weighted by molar-refractivity contribution is 14.1. The predicted octanol–water partition coefficient (Wildman–Crippen LogP) is 1.36. The van der Waals surface area contributed by atoms with Gasteiger partial charge in [-0.05, 0) is 36.4 Å². The summed E-state index contributed by atoms with van der Waals surface area (Å²) in [5, 5.41) is 2.96. The zero-order valence-electron chi connectivity index (χ0n) is 8.58. The molecule has 15 heavy (non-hydrogen) atoms. The van der Waals surface area contributed by atoms with E-state index in [4.69, 9.17) is 4.74 Å². The summed E-state index contributed by atoms with van der Waals surface area (Å²) < 4.78 is 5.59. The molecule has 0 spiro atoms. The molecule has 1 aromatic heterocycles. The van der Waals surface area contributed by atoms with Crippen LogP contribution in [0.4, 0.5) is 5.69 Å². The average molecular weight is 321 g/mol. The Labute approximate surface area is 102 Å². The van der Waals surface area contributed by atoms with E-state index in [0.29, 0.717) is 6.61 Å². The van der Waals surface area contributed by atoms with Gasteiger partial charge >= 0.3 is 5.97 Å². The van der Waals surface area contributed by atoms with Crippen LogP contribution >= 0.6 is 22.6 Å². The molecule has 0 radical (unpaired) electrons. The molecule has 0 aliphatic heterocycles. The maximum atomic E-state index is 11.1. The summed E-state index contributed by atoms with van der Waals surface area (Å²) in [5.74, 6) is -0.281. The fraction of sp³-hybridized carbons (Fsp3) is 0.444. The van der Waals surface area contributed by atoms with E-state index in [9.17, 15) is 4.79 Å². The molecule has 82 valence electrons. The van der Waals surface area contributed by atoms with Gasteiger partial charge < -0.3 is 10.1 Å². The number of hydrogen-bond donors (Lipinski definition) is 1. The lowest BCUT2D eigenvalue weighted by Crippen LogP contribution is -2.18. The van der Waals surface area contributed by atoms with Crippen molar-refractivity contribution < 1.29 is 9.53 Å². The van der Waals surface area contributed by atoms with E-state index in [1.54, 1.807) is 6.92 Å². The summed E-state index contributed by atoms with van der Waals surface area (Å²) in [5.41, 5.74) is 1.60. The molecule has 0 saturated carbocycles. The fourth-order valence-corrected chi connectivity index (χ4v) is 1.72. The summed E-state index contributed by atoms with van der Waals surface area (Å²) in [4.78, 5) is 19.2. The number of nitrogens with zero attached hydrogens (tertiary/aromatic N) is 2. The standard InChI is InChI=1S/C9H12IN3O2/c1-3-15-7(14)4-11-8-6(2)12-5-13-9(8)10/h5,11H,3-4H2,1-2H3. The third-order valence-corrected chi connectivity index (χ3v) is 2.52. The van der Waals surface area contributed by atoms with Gasteiger partial charge in [0.1, 0.15) is 16.6 Å². The van der Waals surface area contributed by atoms with Gasteiger partial charge in [-0.1, -0.05) is 0 Å². The maximum Gasteiger partial charge on any atom is 0.325 e. The van der Waals surface area contributed by atoms with E-state index in [0.717, 1.165) is 15.1 Å². The fourth-order valence-electron chi connectivity index (χ4n) is 1.02. The molecule has 0 atom stereocenters. The molecule has 1 heterocycles. The molecule has 0 aliphatic carbocycles. The highest BCUT2D eigenvalue weighted by Crippen LogP contribution is 2.17. The normalized spacial score (nSPS) is 9.80. The Balaban J connectivity index is 2.61. The second-order valence-electron chi connectivity index (χ2n) is 2.78. The second-order valence-corrected chi connectivity index (χ2v) is 3.81. The van der Waals surface area contributed by atoms with E-state index in [1.807, 2.05) is 6.92 Å². The van der Waals surface area contributed by atoms with Gasteiger partial charge in [-0.15, -0.1) is 0 Å². The van der Waals surface area contributed by atoms with Crippen molar-refractivity contribution in [3.05, 3.63) is 15.7 Å². The van der Waals surface area contributed by atoms with Gasteiger partial charge in [-0.25, -0.2) is 9.97 Å². The Morgan fingerprint density at radius 1 is 1.60 bits per heavy atom. The number of carbonyl (C=O) groups excluding carboxylic acids is 1. The summed E-state index contributed by atoms with van der Waals surface area (Å²) in [6.45, 7) is 4.16. The minimum atomic E-state index is -0.281. The van der Waals surface area contributed by atoms with Crippen LogP contribution in [-0.2, 0) is 9.53 Å². The molecular formula is C9H12IN3O2. The minimum absolute atomic E-state index is 0.137. The smallest absolute Gasteiger partial charge is 0.325 e. The molecule has 0 unspecified atom stereocenters. The highest BCUT2D eigenvalue weighted by atomic mass is 127. The summed E-state index contributed by atoms with van der Waals surface area (Å²) in [6, 6.07) is 0. The maximum absolute atomic E-state index is 11.1. The topological polar surface area (TPSA) is 64.1 Å². The van der Waals surface area contributed by atoms with Crippen molar-refractivity contribution >= 4 is 34.2 Å². The van der Waals surface area contributed by atoms with Crippen LogP contribution in [0.2, 0.25) is 0 Å². The number of nitrogens with one attached hydrogen (secondary N) is 1. The van der Waals surface area contributed by atoms with E-state index in [1.165, 1.54) is 6.33 Å². The minimum Gasteiger partial charge on any atom is -0.465 e. The molecule has 1 aromatic rings. The van der Waals surface area contributed by atoms with Gasteiger partial charge in [0.05, 0.1) is 18.0 Å². The van der Waals surface area contributed by atoms with Crippen molar-refractivity contribution in [1.82, 2.24) is 9.97 Å². The van der Waals surface area contributed by atoms with Gasteiger partial charge in [-0.2, -0.15) is 0 Å². The largest absolute Gasteiger partial charge is 0.465 e. The monoisotopic (exact) mass is 321 g/mol. The van der Waals surface area contributed by atoms with Crippen LogP contribution < -0.4 is 5.32 Å². The second kappa shape index (κ2) is 5.84. The Morgan fingerprint density at radius 3 is 2.93 bits per heavy atom. The number of ether oxygens (including phenoxy) is 1.